The van der Waals surface area contributed by atoms with Crippen molar-refractivity contribution in [2.75, 3.05) is 0 Å². The van der Waals surface area contributed by atoms with Gasteiger partial charge in [-0.1, -0.05) is 145 Å². The summed E-state index contributed by atoms with van der Waals surface area (Å²) in [5.41, 5.74) is 3.89. The van der Waals surface area contributed by atoms with Crippen molar-refractivity contribution in [2.24, 2.45) is 0 Å². The zero-order valence-corrected chi connectivity index (χ0v) is 28.2. The Balaban J connectivity index is 1.15. The average molecular weight is 701 g/mol. The molecule has 5 nitrogen and oxygen atoms in total. The molecule has 0 fully saturated rings. The monoisotopic (exact) mass is 700 g/mol. The second kappa shape index (κ2) is 12.1. The summed E-state index contributed by atoms with van der Waals surface area (Å²) in [5, 5.41) is 2.70. The molecule has 0 amide bonds. The van der Waals surface area contributed by atoms with Crippen LogP contribution in [0, 0.1) is 0 Å². The summed E-state index contributed by atoms with van der Waals surface area (Å²) >= 11 is 0. The second-order valence-corrected chi connectivity index (χ2v) is 12.9. The third-order valence-electron chi connectivity index (χ3n) is 9.66. The number of nitrogens with zero attached hydrogens (tertiary/aromatic N) is 3. The first-order valence-electron chi connectivity index (χ1n) is 21.8. The van der Waals surface area contributed by atoms with Gasteiger partial charge in [0.25, 0.3) is 0 Å². The van der Waals surface area contributed by atoms with Crippen LogP contribution in [0.5, 0.6) is 0 Å². The Morgan fingerprint density at radius 3 is 2.02 bits per heavy atom. The SMILES string of the molecule is [2H]c1cc([2H])c2oc3c(-c4c([2H])c([2H])c5c(oc6c([2H])c([2H])c([2H])c([2H])c65)c4[2H])cccc3c2c1-c1nc(-c2ccc(-c3ccccc3)cc2)nc(-c2ccc3ccccc3c2)n1. The molecule has 0 saturated carbocycles. The van der Waals surface area contributed by atoms with Gasteiger partial charge < -0.3 is 8.83 Å². The summed E-state index contributed by atoms with van der Waals surface area (Å²) < 4.78 is 91.8. The lowest BCUT2D eigenvalue weighted by Crippen LogP contribution is -2.00. The molecule has 0 bridgehead atoms. The van der Waals surface area contributed by atoms with Gasteiger partial charge in [0.15, 0.2) is 17.5 Å². The number of rotatable bonds is 5. The predicted molar refractivity (Wildman–Crippen MR) is 219 cm³/mol. The van der Waals surface area contributed by atoms with Gasteiger partial charge in [0.1, 0.15) is 22.3 Å². The maximum atomic E-state index is 9.33. The maximum Gasteiger partial charge on any atom is 0.164 e. The molecule has 0 spiro atoms. The van der Waals surface area contributed by atoms with Gasteiger partial charge >= 0.3 is 0 Å². The lowest BCUT2D eigenvalue weighted by Gasteiger charge is -2.10. The molecule has 8 aromatic carbocycles. The largest absolute Gasteiger partial charge is 0.456 e. The molecular weight excluding hydrogens is 663 g/mol. The quantitative estimate of drug-likeness (QED) is 0.179. The van der Waals surface area contributed by atoms with Gasteiger partial charge in [-0.15, -0.1) is 0 Å². The number of hydrogen-bond acceptors (Lipinski definition) is 5. The van der Waals surface area contributed by atoms with Gasteiger partial charge in [0.05, 0.1) is 12.3 Å². The number of fused-ring (bicyclic) bond motifs is 7. The number of para-hydroxylation sites is 2. The molecule has 0 unspecified atom stereocenters. The molecule has 11 rings (SSSR count). The van der Waals surface area contributed by atoms with Crippen molar-refractivity contribution in [1.82, 2.24) is 15.0 Å². The van der Waals surface area contributed by atoms with Crippen LogP contribution in [0.3, 0.4) is 0 Å². The lowest BCUT2D eigenvalue weighted by molar-refractivity contribution is 0.668. The van der Waals surface area contributed by atoms with E-state index >= 15 is 0 Å². The van der Waals surface area contributed by atoms with Gasteiger partial charge in [-0.3, -0.25) is 0 Å². The molecule has 0 N–H and O–H groups in total. The topological polar surface area (TPSA) is 65.0 Å². The van der Waals surface area contributed by atoms with Crippen molar-refractivity contribution in [1.29, 1.82) is 0 Å². The minimum Gasteiger partial charge on any atom is -0.456 e. The fourth-order valence-electron chi connectivity index (χ4n) is 7.04. The van der Waals surface area contributed by atoms with E-state index in [0.717, 1.165) is 27.5 Å². The van der Waals surface area contributed by atoms with Crippen LogP contribution < -0.4 is 0 Å². The van der Waals surface area contributed by atoms with Crippen LogP contribution in [0.15, 0.2) is 185 Å². The Morgan fingerprint density at radius 2 is 1.13 bits per heavy atom. The number of hydrogen-bond donors (Lipinski definition) is 0. The van der Waals surface area contributed by atoms with Crippen LogP contribution in [0.25, 0.3) is 111 Å². The fraction of sp³-hybridized carbons (Fsp3) is 0. The molecule has 252 valence electrons. The van der Waals surface area contributed by atoms with E-state index in [-0.39, 0.29) is 85.8 Å². The van der Waals surface area contributed by atoms with Crippen molar-refractivity contribution in [3.05, 3.63) is 176 Å². The van der Waals surface area contributed by atoms with Crippen LogP contribution in [0.1, 0.15) is 12.3 Å². The van der Waals surface area contributed by atoms with E-state index in [4.69, 9.17) is 32.0 Å². The van der Waals surface area contributed by atoms with Gasteiger partial charge in [-0.25, -0.2) is 15.0 Å². The highest BCUT2D eigenvalue weighted by Gasteiger charge is 2.20. The van der Waals surface area contributed by atoms with Crippen molar-refractivity contribution < 1.29 is 21.2 Å². The van der Waals surface area contributed by atoms with E-state index in [1.54, 1.807) is 18.2 Å². The van der Waals surface area contributed by atoms with Crippen LogP contribution in [-0.2, 0) is 0 Å². The predicted octanol–water partition coefficient (Wildman–Crippen LogP) is 13.2. The molecule has 0 aliphatic rings. The summed E-state index contributed by atoms with van der Waals surface area (Å²) in [6, 6.07) is 35.1. The van der Waals surface area contributed by atoms with Crippen molar-refractivity contribution in [3.8, 4) is 56.4 Å². The Morgan fingerprint density at radius 1 is 0.407 bits per heavy atom. The molecule has 3 heterocycles. The Hall–Kier alpha value is -7.37. The molecule has 0 aliphatic heterocycles. The lowest BCUT2D eigenvalue weighted by atomic mass is 9.99. The number of benzene rings is 8. The second-order valence-electron chi connectivity index (χ2n) is 12.9. The highest BCUT2D eigenvalue weighted by molar-refractivity contribution is 6.15. The molecule has 11 aromatic rings. The Kier molecular flexibility index (Phi) is 5.06. The highest BCUT2D eigenvalue weighted by Crippen LogP contribution is 2.41. The van der Waals surface area contributed by atoms with E-state index < -0.39 is 24.2 Å². The third-order valence-corrected chi connectivity index (χ3v) is 9.66. The van der Waals surface area contributed by atoms with Gasteiger partial charge in [-0.2, -0.15) is 0 Å². The smallest absolute Gasteiger partial charge is 0.164 e. The zero-order chi connectivity index (χ0) is 43.4. The average Bonchev–Trinajstić information content (AvgIpc) is 3.91. The Bertz CT molecular complexity index is 3740. The van der Waals surface area contributed by atoms with E-state index in [9.17, 15) is 4.11 Å². The van der Waals surface area contributed by atoms with E-state index in [1.165, 1.54) is 6.07 Å². The van der Waals surface area contributed by atoms with E-state index in [2.05, 4.69) is 0 Å². The van der Waals surface area contributed by atoms with Gasteiger partial charge in [0.2, 0.25) is 0 Å². The summed E-state index contributed by atoms with van der Waals surface area (Å²) in [6.45, 7) is 0. The van der Waals surface area contributed by atoms with Crippen LogP contribution in [-0.4, -0.2) is 15.0 Å². The first-order chi connectivity index (χ1) is 30.5. The van der Waals surface area contributed by atoms with Crippen molar-refractivity contribution >= 4 is 54.6 Å². The highest BCUT2D eigenvalue weighted by atomic mass is 16.3. The van der Waals surface area contributed by atoms with Crippen molar-refractivity contribution in [3.63, 3.8) is 0 Å². The number of aromatic nitrogens is 3. The van der Waals surface area contributed by atoms with E-state index in [0.29, 0.717) is 28.0 Å². The molecular formula is C49H29N3O2. The summed E-state index contributed by atoms with van der Waals surface area (Å²) in [7, 11) is 0. The molecule has 3 aromatic heterocycles. The zero-order valence-electron chi connectivity index (χ0n) is 37.2. The molecule has 54 heavy (non-hydrogen) atoms. The Labute approximate surface area is 322 Å². The van der Waals surface area contributed by atoms with Gasteiger partial charge in [0, 0.05) is 43.8 Å². The molecule has 0 aliphatic carbocycles. The first kappa shape index (κ1) is 22.5. The summed E-state index contributed by atoms with van der Waals surface area (Å²) in [4.78, 5) is 15.0. The van der Waals surface area contributed by atoms with Crippen LogP contribution in [0.4, 0.5) is 0 Å². The van der Waals surface area contributed by atoms with Crippen molar-refractivity contribution in [2.45, 2.75) is 0 Å². The minimum atomic E-state index is -0.519. The standard InChI is InChI=1S/C49H29N3O2/c1-2-10-30(11-3-1)32-20-23-33(24-21-32)47-50-48(36-25-22-31-12-4-5-13-34(31)28-36)52-49(51-47)41-17-9-19-43-45(41)40-16-8-15-37(46(40)54-43)35-26-27-39-38-14-6-7-18-42(38)53-44(39)29-35/h1-29H/i6D,7D,14D,17D,18D,19D,26D,27D,29D. The minimum absolute atomic E-state index is 0.0365. The first-order valence-corrected chi connectivity index (χ1v) is 17.3. The fourth-order valence-corrected chi connectivity index (χ4v) is 7.04. The van der Waals surface area contributed by atoms with E-state index in [1.807, 2.05) is 97.1 Å². The third kappa shape index (κ3) is 4.98. The maximum absolute atomic E-state index is 9.33. The molecule has 0 saturated heterocycles. The molecule has 0 radical (unpaired) electrons. The van der Waals surface area contributed by atoms with Crippen LogP contribution >= 0.6 is 0 Å². The summed E-state index contributed by atoms with van der Waals surface area (Å²) in [6.07, 6.45) is 0. The van der Waals surface area contributed by atoms with Gasteiger partial charge in [-0.05, 0) is 57.7 Å². The summed E-state index contributed by atoms with van der Waals surface area (Å²) in [5.74, 6) is 0.892. The van der Waals surface area contributed by atoms with Crippen LogP contribution in [0.2, 0.25) is 0 Å². The molecule has 5 heteroatoms. The normalized spacial score (nSPS) is 14.0. The molecule has 0 atom stereocenters. The number of furan rings is 2.